The Balaban J connectivity index is 1.31. The van der Waals surface area contributed by atoms with Crippen LogP contribution in [-0.2, 0) is 30.6 Å². The molecule has 0 saturated heterocycles. The minimum absolute atomic E-state index is 0.0115. The number of aromatic nitrogens is 1. The van der Waals surface area contributed by atoms with Crippen molar-refractivity contribution < 1.29 is 37.5 Å². The van der Waals surface area contributed by atoms with Crippen LogP contribution in [0.3, 0.4) is 0 Å². The molecule has 4 aromatic rings. The van der Waals surface area contributed by atoms with E-state index in [1.807, 2.05) is 92.8 Å². The number of halogens is 2. The molecule has 3 aromatic carbocycles. The summed E-state index contributed by atoms with van der Waals surface area (Å²) in [7, 11) is 0.814. The zero-order chi connectivity index (χ0) is 41.3. The summed E-state index contributed by atoms with van der Waals surface area (Å²) >= 11 is 3.65. The second kappa shape index (κ2) is 15.2. The van der Waals surface area contributed by atoms with Gasteiger partial charge in [0, 0.05) is 35.2 Å². The molecule has 4 aliphatic carbocycles. The van der Waals surface area contributed by atoms with Gasteiger partial charge in [-0.15, -0.1) is 0 Å². The molecule has 306 valence electrons. The molecule has 0 amide bonds. The molecule has 1 aromatic heterocycles. The summed E-state index contributed by atoms with van der Waals surface area (Å²) in [6.07, 6.45) is 2.37. The van der Waals surface area contributed by atoms with Crippen LogP contribution < -0.4 is 14.8 Å². The molecule has 2 N–H and O–H groups in total. The lowest BCUT2D eigenvalue weighted by atomic mass is 9.58. The Morgan fingerprint density at radius 1 is 1.00 bits per heavy atom. The molecule has 4 aliphatic rings. The van der Waals surface area contributed by atoms with Crippen LogP contribution in [0.2, 0.25) is 18.1 Å². The van der Waals surface area contributed by atoms with E-state index < -0.39 is 60.0 Å². The molecule has 1 heterocycles. The fraction of sp³-hybridized carbons (Fsp3) is 0.444. The first-order valence-electron chi connectivity index (χ1n) is 20.0. The van der Waals surface area contributed by atoms with Gasteiger partial charge in [-0.05, 0) is 96.0 Å². The molecule has 13 heteroatoms. The van der Waals surface area contributed by atoms with Gasteiger partial charge in [-0.1, -0.05) is 81.4 Å². The lowest BCUT2D eigenvalue weighted by Gasteiger charge is -2.55. The van der Waals surface area contributed by atoms with Crippen molar-refractivity contribution in [2.45, 2.75) is 102 Å². The molecular formula is C45H51BrFN3O7Si. The second-order valence-corrected chi connectivity index (χ2v) is 23.4. The summed E-state index contributed by atoms with van der Waals surface area (Å²) in [5.41, 5.74) is 0.514. The highest BCUT2D eigenvalue weighted by molar-refractivity contribution is 9.10. The molecule has 8 rings (SSSR count). The number of nitrogens with one attached hydrogen (secondary N) is 1. The third-order valence-corrected chi connectivity index (χ3v) is 18.1. The minimum atomic E-state index is -2.93. The number of rotatable bonds is 12. The fourth-order valence-electron chi connectivity index (χ4n) is 8.62. The Hall–Kier alpha value is -4.14. The summed E-state index contributed by atoms with van der Waals surface area (Å²) in [5.74, 6) is -2.97. The van der Waals surface area contributed by atoms with Gasteiger partial charge >= 0.3 is 0 Å². The molecule has 58 heavy (non-hydrogen) atoms. The van der Waals surface area contributed by atoms with E-state index in [0.717, 1.165) is 24.0 Å². The Morgan fingerprint density at radius 2 is 1.62 bits per heavy atom. The van der Waals surface area contributed by atoms with Crippen molar-refractivity contribution in [3.63, 3.8) is 0 Å². The van der Waals surface area contributed by atoms with Gasteiger partial charge in [-0.2, -0.15) is 0 Å². The molecule has 0 bridgehead atoms. The van der Waals surface area contributed by atoms with Gasteiger partial charge < -0.3 is 28.8 Å². The van der Waals surface area contributed by atoms with E-state index in [-0.39, 0.29) is 66.5 Å². The standard InChI is InChI=1S/C45H51BrFN3O7Si/c1-44(2,3)58(6,7)57-45-31(37(50(4)5)40-34(42(45)53)43(49-56-40)55-24-26-16-12-9-13-17-26)21-27-20-29-33(38(51)32(27)41(45)52)39(54-23-25-14-10-8-11-15-25)35(46)30(36(29)47)22-48-28-18-19-28/h8-17,27-28,31,37,48,52H,18-24H2,1-7H3/t27-,31-,37-,45-/m0/s1. The van der Waals surface area contributed by atoms with Gasteiger partial charge in [-0.3, -0.25) is 14.5 Å². The van der Waals surface area contributed by atoms with Crippen molar-refractivity contribution in [3.8, 4) is 11.6 Å². The van der Waals surface area contributed by atoms with Crippen LogP contribution in [0.1, 0.15) is 94.8 Å². The zero-order valence-electron chi connectivity index (χ0n) is 34.1. The van der Waals surface area contributed by atoms with Crippen LogP contribution in [0, 0.1) is 17.7 Å². The molecule has 0 unspecified atom stereocenters. The Morgan fingerprint density at radius 3 is 2.21 bits per heavy atom. The van der Waals surface area contributed by atoms with Crippen LogP contribution in [0.15, 0.2) is 81.0 Å². The zero-order valence-corrected chi connectivity index (χ0v) is 36.7. The monoisotopic (exact) mass is 871 g/mol. The molecule has 1 fully saturated rings. The number of benzene rings is 3. The van der Waals surface area contributed by atoms with Crippen LogP contribution in [0.5, 0.6) is 11.6 Å². The van der Waals surface area contributed by atoms with Gasteiger partial charge in [0.05, 0.1) is 16.1 Å². The lowest BCUT2D eigenvalue weighted by Crippen LogP contribution is -2.65. The third-order valence-electron chi connectivity index (χ3n) is 12.8. The SMILES string of the molecule is CN(C)[C@@H]1c2onc(OCc3ccccc3)c2C(=O)[C@@]2(O[Si](C)(C)C(C)(C)C)C(O)=C3C(=O)c4c(c(F)c(CNC5CC5)c(Br)c4OCc4ccccc4)C[C@H]3C[C@@H]12. The molecule has 1 saturated carbocycles. The second-order valence-electron chi connectivity index (χ2n) is 17.9. The smallest absolute Gasteiger partial charge is 0.265 e. The van der Waals surface area contributed by atoms with E-state index in [1.165, 1.54) is 0 Å². The fourth-order valence-corrected chi connectivity index (χ4v) is 10.7. The van der Waals surface area contributed by atoms with Crippen molar-refractivity contribution in [1.29, 1.82) is 0 Å². The van der Waals surface area contributed by atoms with Crippen molar-refractivity contribution in [2.24, 2.45) is 11.8 Å². The maximum absolute atomic E-state index is 17.0. The summed E-state index contributed by atoms with van der Waals surface area (Å²) in [6.45, 7) is 10.7. The average molecular weight is 873 g/mol. The highest BCUT2D eigenvalue weighted by Crippen LogP contribution is 2.60. The predicted molar refractivity (Wildman–Crippen MR) is 223 cm³/mol. The molecule has 0 aliphatic heterocycles. The Bertz CT molecular complexity index is 2290. The molecular weight excluding hydrogens is 821 g/mol. The van der Waals surface area contributed by atoms with Gasteiger partial charge in [0.15, 0.2) is 25.5 Å². The van der Waals surface area contributed by atoms with Crippen LogP contribution in [-0.4, -0.2) is 60.8 Å². The molecule has 0 radical (unpaired) electrons. The first kappa shape index (κ1) is 40.6. The van der Waals surface area contributed by atoms with E-state index in [1.54, 1.807) is 0 Å². The number of ether oxygens (including phenoxy) is 2. The van der Waals surface area contributed by atoms with E-state index in [0.29, 0.717) is 21.8 Å². The lowest BCUT2D eigenvalue weighted by molar-refractivity contribution is -0.0481. The number of ketones is 2. The largest absolute Gasteiger partial charge is 0.508 e. The summed E-state index contributed by atoms with van der Waals surface area (Å²) in [4.78, 5) is 32.8. The van der Waals surface area contributed by atoms with Gasteiger partial charge in [-0.25, -0.2) is 4.39 Å². The number of aliphatic hydroxyl groups is 1. The first-order chi connectivity index (χ1) is 27.5. The quantitative estimate of drug-likeness (QED) is 0.133. The van der Waals surface area contributed by atoms with Crippen LogP contribution in [0.4, 0.5) is 4.39 Å². The number of Topliss-reactive ketones (excluding diaryl/α,β-unsaturated/α-hetero) is 2. The van der Waals surface area contributed by atoms with E-state index >= 15 is 14.0 Å². The van der Waals surface area contributed by atoms with E-state index in [2.05, 4.69) is 47.2 Å². The number of allylic oxidation sites excluding steroid dienone is 1. The number of hydrogen-bond donors (Lipinski definition) is 2. The maximum atomic E-state index is 17.0. The minimum Gasteiger partial charge on any atom is -0.508 e. The number of carbonyl (C=O) groups excluding carboxylic acids is 2. The number of fused-ring (bicyclic) bond motifs is 4. The van der Waals surface area contributed by atoms with E-state index in [4.69, 9.17) is 18.4 Å². The van der Waals surface area contributed by atoms with Gasteiger partial charge in [0.2, 0.25) is 5.78 Å². The maximum Gasteiger partial charge on any atom is 0.265 e. The topological polar surface area (TPSA) is 123 Å². The van der Waals surface area contributed by atoms with Crippen molar-refractivity contribution >= 4 is 35.8 Å². The van der Waals surface area contributed by atoms with Crippen LogP contribution in [0.25, 0.3) is 0 Å². The molecule has 4 atom stereocenters. The van der Waals surface area contributed by atoms with E-state index in [9.17, 15) is 5.11 Å². The average Bonchev–Trinajstić information content (AvgIpc) is 3.92. The first-order valence-corrected chi connectivity index (χ1v) is 23.7. The summed E-state index contributed by atoms with van der Waals surface area (Å²) in [6, 6.07) is 18.7. The highest BCUT2D eigenvalue weighted by Gasteiger charge is 2.67. The summed E-state index contributed by atoms with van der Waals surface area (Å²) < 4.78 is 43.3. The van der Waals surface area contributed by atoms with Gasteiger partial charge in [0.1, 0.15) is 36.1 Å². The number of nitrogens with zero attached hydrogens (tertiary/aromatic N) is 2. The number of aliphatic hydroxyl groups excluding tert-OH is 1. The summed E-state index contributed by atoms with van der Waals surface area (Å²) in [5, 5.41) is 20.3. The predicted octanol–water partition coefficient (Wildman–Crippen LogP) is 9.43. The normalized spacial score (nSPS) is 23.0. The van der Waals surface area contributed by atoms with Crippen LogP contribution >= 0.6 is 15.9 Å². The van der Waals surface area contributed by atoms with Crippen molar-refractivity contribution in [1.82, 2.24) is 15.4 Å². The molecule has 10 nitrogen and oxygen atoms in total. The number of carbonyl (C=O) groups is 2. The molecule has 0 spiro atoms. The number of hydrogen-bond acceptors (Lipinski definition) is 10. The Labute approximate surface area is 348 Å². The van der Waals surface area contributed by atoms with Crippen molar-refractivity contribution in [3.05, 3.63) is 121 Å². The highest BCUT2D eigenvalue weighted by atomic mass is 79.9. The van der Waals surface area contributed by atoms with Gasteiger partial charge in [0.25, 0.3) is 5.88 Å². The van der Waals surface area contributed by atoms with Crippen molar-refractivity contribution in [2.75, 3.05) is 14.1 Å². The Kier molecular flexibility index (Phi) is 10.6. The third kappa shape index (κ3) is 6.86.